The van der Waals surface area contributed by atoms with Crippen molar-refractivity contribution in [3.63, 3.8) is 0 Å². The lowest BCUT2D eigenvalue weighted by Gasteiger charge is -2.34. The normalized spacial score (nSPS) is 23.3. The van der Waals surface area contributed by atoms with Crippen molar-refractivity contribution in [2.24, 2.45) is 0 Å². The Hall–Kier alpha value is -1.44. The van der Waals surface area contributed by atoms with E-state index in [4.69, 9.17) is 0 Å². The van der Waals surface area contributed by atoms with Crippen LogP contribution in [0.15, 0.2) is 24.3 Å². The lowest BCUT2D eigenvalue weighted by atomic mass is 9.68. The van der Waals surface area contributed by atoms with Gasteiger partial charge in [-0.1, -0.05) is 24.3 Å². The molecule has 2 heteroatoms. The van der Waals surface area contributed by atoms with E-state index in [-0.39, 0.29) is 11.6 Å². The van der Waals surface area contributed by atoms with E-state index in [9.17, 15) is 9.59 Å². The first-order chi connectivity index (χ1) is 8.04. The molecule has 0 saturated carbocycles. The van der Waals surface area contributed by atoms with Gasteiger partial charge in [0.05, 0.1) is 5.41 Å². The number of Topliss-reactive ketones (excluding diaryl/α,β-unsaturated/α-hetero) is 2. The van der Waals surface area contributed by atoms with Gasteiger partial charge in [-0.05, 0) is 37.8 Å². The van der Waals surface area contributed by atoms with Crippen LogP contribution in [0.4, 0.5) is 0 Å². The van der Waals surface area contributed by atoms with E-state index in [0.29, 0.717) is 19.3 Å². The predicted molar refractivity (Wildman–Crippen MR) is 67.0 cm³/mol. The van der Waals surface area contributed by atoms with Crippen LogP contribution in [-0.4, -0.2) is 11.6 Å². The van der Waals surface area contributed by atoms with Crippen molar-refractivity contribution in [1.29, 1.82) is 0 Å². The summed E-state index contributed by atoms with van der Waals surface area (Å²) in [7, 11) is 0. The second-order valence-electron chi connectivity index (χ2n) is 5.11. The average molecular weight is 230 g/mol. The second kappa shape index (κ2) is 4.44. The van der Waals surface area contributed by atoms with E-state index in [1.165, 1.54) is 5.56 Å². The molecule has 17 heavy (non-hydrogen) atoms. The first kappa shape index (κ1) is 12.0. The molecule has 1 aliphatic carbocycles. The molecule has 1 unspecified atom stereocenters. The summed E-state index contributed by atoms with van der Waals surface area (Å²) in [5.74, 6) is 0.430. The molecule has 0 fully saturated rings. The summed E-state index contributed by atoms with van der Waals surface area (Å²) in [5, 5.41) is 0. The maximum absolute atomic E-state index is 12.2. The molecule has 0 aromatic heterocycles. The number of carbonyl (C=O) groups is 2. The van der Waals surface area contributed by atoms with Crippen LogP contribution in [-0.2, 0) is 21.4 Å². The van der Waals surface area contributed by atoms with Crippen LogP contribution in [0.25, 0.3) is 0 Å². The number of aryl methyl sites for hydroxylation is 1. The van der Waals surface area contributed by atoms with Crippen LogP contribution in [0.5, 0.6) is 0 Å². The highest BCUT2D eigenvalue weighted by Gasteiger charge is 2.38. The number of carbonyl (C=O) groups excluding carboxylic acids is 2. The Morgan fingerprint density at radius 3 is 2.71 bits per heavy atom. The molecule has 1 aliphatic rings. The van der Waals surface area contributed by atoms with E-state index in [1.807, 2.05) is 25.1 Å². The predicted octanol–water partition coefficient (Wildman–Crippen LogP) is 2.83. The van der Waals surface area contributed by atoms with Crippen molar-refractivity contribution in [3.05, 3.63) is 35.4 Å². The minimum Gasteiger partial charge on any atom is -0.300 e. The molecular weight excluding hydrogens is 212 g/mol. The third kappa shape index (κ3) is 2.17. The van der Waals surface area contributed by atoms with Crippen molar-refractivity contribution in [1.82, 2.24) is 0 Å². The minimum atomic E-state index is -0.458. The number of ketones is 2. The standard InChI is InChI=1S/C15H18O2/c1-11(16)9-10-15(2)13-6-4-3-5-12(13)7-8-14(15)17/h3-6H,7-10H2,1-2H3. The summed E-state index contributed by atoms with van der Waals surface area (Å²) in [4.78, 5) is 23.3. The van der Waals surface area contributed by atoms with Crippen LogP contribution in [0.3, 0.4) is 0 Å². The number of hydrogen-bond acceptors (Lipinski definition) is 2. The average Bonchev–Trinajstić information content (AvgIpc) is 2.32. The number of benzene rings is 1. The van der Waals surface area contributed by atoms with Crippen LogP contribution in [0.2, 0.25) is 0 Å². The lowest BCUT2D eigenvalue weighted by Crippen LogP contribution is -2.37. The van der Waals surface area contributed by atoms with Gasteiger partial charge in [0.1, 0.15) is 11.6 Å². The van der Waals surface area contributed by atoms with Crippen molar-refractivity contribution in [2.75, 3.05) is 0 Å². The Bertz CT molecular complexity index is 462. The molecule has 2 nitrogen and oxygen atoms in total. The molecule has 0 amide bonds. The first-order valence-electron chi connectivity index (χ1n) is 6.15. The Balaban J connectivity index is 2.37. The minimum absolute atomic E-state index is 0.155. The largest absolute Gasteiger partial charge is 0.300 e. The van der Waals surface area contributed by atoms with Gasteiger partial charge in [0.25, 0.3) is 0 Å². The van der Waals surface area contributed by atoms with Gasteiger partial charge in [-0.3, -0.25) is 4.79 Å². The van der Waals surface area contributed by atoms with Gasteiger partial charge in [-0.15, -0.1) is 0 Å². The fourth-order valence-corrected chi connectivity index (χ4v) is 2.65. The highest BCUT2D eigenvalue weighted by Crippen LogP contribution is 2.38. The SMILES string of the molecule is CC(=O)CCC1(C)C(=O)CCc2ccccc21. The number of fused-ring (bicyclic) bond motifs is 1. The maximum atomic E-state index is 12.2. The summed E-state index contributed by atoms with van der Waals surface area (Å²) in [6.45, 7) is 3.57. The Morgan fingerprint density at radius 1 is 1.29 bits per heavy atom. The molecule has 0 radical (unpaired) electrons. The third-order valence-electron chi connectivity index (χ3n) is 3.83. The molecule has 1 aromatic carbocycles. The van der Waals surface area contributed by atoms with Crippen LogP contribution >= 0.6 is 0 Å². The van der Waals surface area contributed by atoms with E-state index < -0.39 is 5.41 Å². The van der Waals surface area contributed by atoms with Crippen LogP contribution < -0.4 is 0 Å². The topological polar surface area (TPSA) is 34.1 Å². The lowest BCUT2D eigenvalue weighted by molar-refractivity contribution is -0.125. The Morgan fingerprint density at radius 2 is 2.00 bits per heavy atom. The fourth-order valence-electron chi connectivity index (χ4n) is 2.65. The molecular formula is C15H18O2. The fraction of sp³-hybridized carbons (Fsp3) is 0.467. The van der Waals surface area contributed by atoms with Gasteiger partial charge in [-0.2, -0.15) is 0 Å². The van der Waals surface area contributed by atoms with Crippen molar-refractivity contribution < 1.29 is 9.59 Å². The zero-order chi connectivity index (χ0) is 12.5. The van der Waals surface area contributed by atoms with Gasteiger partial charge < -0.3 is 4.79 Å². The number of hydrogen-bond donors (Lipinski definition) is 0. The Kier molecular flexibility index (Phi) is 3.14. The first-order valence-corrected chi connectivity index (χ1v) is 6.15. The van der Waals surface area contributed by atoms with E-state index in [1.54, 1.807) is 6.92 Å². The molecule has 0 saturated heterocycles. The summed E-state index contributed by atoms with van der Waals surface area (Å²) in [5.41, 5.74) is 1.93. The van der Waals surface area contributed by atoms with Crippen molar-refractivity contribution >= 4 is 11.6 Å². The second-order valence-corrected chi connectivity index (χ2v) is 5.11. The molecule has 0 spiro atoms. The summed E-state index contributed by atoms with van der Waals surface area (Å²) < 4.78 is 0. The van der Waals surface area contributed by atoms with Gasteiger partial charge in [0, 0.05) is 12.8 Å². The molecule has 90 valence electrons. The van der Waals surface area contributed by atoms with Gasteiger partial charge in [0.2, 0.25) is 0 Å². The van der Waals surface area contributed by atoms with Gasteiger partial charge >= 0.3 is 0 Å². The quantitative estimate of drug-likeness (QED) is 0.800. The zero-order valence-electron chi connectivity index (χ0n) is 10.5. The summed E-state index contributed by atoms with van der Waals surface area (Å²) in [6.07, 6.45) is 2.56. The highest BCUT2D eigenvalue weighted by molar-refractivity contribution is 5.92. The van der Waals surface area contributed by atoms with E-state index in [2.05, 4.69) is 6.07 Å². The molecule has 0 N–H and O–H groups in total. The zero-order valence-corrected chi connectivity index (χ0v) is 10.5. The molecule has 0 aliphatic heterocycles. The molecule has 0 heterocycles. The summed E-state index contributed by atoms with van der Waals surface area (Å²) >= 11 is 0. The maximum Gasteiger partial charge on any atom is 0.143 e. The third-order valence-corrected chi connectivity index (χ3v) is 3.83. The molecule has 0 bridgehead atoms. The molecule has 1 aromatic rings. The van der Waals surface area contributed by atoms with E-state index in [0.717, 1.165) is 12.0 Å². The molecule has 1 atom stereocenters. The van der Waals surface area contributed by atoms with Crippen molar-refractivity contribution in [2.45, 2.75) is 44.9 Å². The van der Waals surface area contributed by atoms with Gasteiger partial charge in [-0.25, -0.2) is 0 Å². The highest BCUT2D eigenvalue weighted by atomic mass is 16.1. The number of rotatable bonds is 3. The molecule has 2 rings (SSSR count). The van der Waals surface area contributed by atoms with Crippen molar-refractivity contribution in [3.8, 4) is 0 Å². The van der Waals surface area contributed by atoms with Crippen LogP contribution in [0.1, 0.15) is 44.2 Å². The monoisotopic (exact) mass is 230 g/mol. The van der Waals surface area contributed by atoms with Gasteiger partial charge in [0.15, 0.2) is 0 Å². The van der Waals surface area contributed by atoms with E-state index >= 15 is 0 Å². The smallest absolute Gasteiger partial charge is 0.143 e. The summed E-state index contributed by atoms with van der Waals surface area (Å²) in [6, 6.07) is 8.11. The van der Waals surface area contributed by atoms with Crippen LogP contribution in [0, 0.1) is 0 Å². The Labute approximate surface area is 102 Å².